The average Bonchev–Trinajstić information content (AvgIpc) is 3.24. The van der Waals surface area contributed by atoms with E-state index >= 15 is 0 Å². The van der Waals surface area contributed by atoms with Gasteiger partial charge in [0.25, 0.3) is 10.0 Å². The largest absolute Gasteiger partial charge is 0.279 e. The Bertz CT molecular complexity index is 1340. The van der Waals surface area contributed by atoms with Gasteiger partial charge in [0, 0.05) is 16.5 Å². The summed E-state index contributed by atoms with van der Waals surface area (Å²) >= 11 is 1.30. The van der Waals surface area contributed by atoms with E-state index in [9.17, 15) is 12.8 Å². The average molecular weight is 451 g/mol. The van der Waals surface area contributed by atoms with Crippen LogP contribution in [0, 0.1) is 12.7 Å². The summed E-state index contributed by atoms with van der Waals surface area (Å²) in [5, 5.41) is 3.46. The lowest BCUT2D eigenvalue weighted by Gasteiger charge is -2.09. The second-order valence-electron chi connectivity index (χ2n) is 6.92. The minimum Gasteiger partial charge on any atom is -0.279 e. The molecule has 0 fully saturated rings. The van der Waals surface area contributed by atoms with Gasteiger partial charge in [0.05, 0.1) is 16.8 Å². The molecule has 1 N–H and O–H groups in total. The highest BCUT2D eigenvalue weighted by Crippen LogP contribution is 2.34. The highest BCUT2D eigenvalue weighted by atomic mass is 32.2. The Morgan fingerprint density at radius 1 is 0.935 bits per heavy atom. The molecule has 31 heavy (non-hydrogen) atoms. The summed E-state index contributed by atoms with van der Waals surface area (Å²) in [7, 11) is -3.74. The van der Waals surface area contributed by atoms with Gasteiger partial charge in [-0.15, -0.1) is 11.3 Å². The predicted octanol–water partition coefficient (Wildman–Crippen LogP) is 6.34. The minimum atomic E-state index is -3.74. The molecule has 4 aromatic rings. The number of nitrogens with zero attached hydrogens (tertiary/aromatic N) is 1. The first-order valence-corrected chi connectivity index (χ1v) is 11.9. The molecule has 7 heteroatoms. The number of benzene rings is 3. The van der Waals surface area contributed by atoms with E-state index in [-0.39, 0.29) is 5.82 Å². The highest BCUT2D eigenvalue weighted by molar-refractivity contribution is 7.95. The number of sulfonamides is 1. The summed E-state index contributed by atoms with van der Waals surface area (Å²) in [6.07, 6.45) is 1.55. The molecule has 1 heterocycles. The molecule has 0 atom stereocenters. The number of halogens is 1. The summed E-state index contributed by atoms with van der Waals surface area (Å²) in [5.74, 6) is -0.348. The lowest BCUT2D eigenvalue weighted by molar-refractivity contribution is 0.609. The fraction of sp³-hybridized carbons (Fsp3) is 0.0417. The number of aromatic nitrogens is 1. The molecule has 4 rings (SSSR count). The summed E-state index contributed by atoms with van der Waals surface area (Å²) in [6.45, 7) is 1.97. The topological polar surface area (TPSA) is 59.1 Å². The molecule has 156 valence electrons. The fourth-order valence-corrected chi connectivity index (χ4v) is 4.72. The van der Waals surface area contributed by atoms with Gasteiger partial charge in [0.2, 0.25) is 0 Å². The maximum atomic E-state index is 14.1. The maximum Gasteiger partial charge on any atom is 0.255 e. The van der Waals surface area contributed by atoms with E-state index in [0.717, 1.165) is 16.5 Å². The van der Waals surface area contributed by atoms with Crippen LogP contribution in [0.15, 0.2) is 83.6 Å². The van der Waals surface area contributed by atoms with Crippen LogP contribution in [0.3, 0.4) is 0 Å². The molecule has 4 nitrogen and oxygen atoms in total. The molecule has 0 spiro atoms. The normalized spacial score (nSPS) is 11.7. The Morgan fingerprint density at radius 3 is 2.35 bits per heavy atom. The Morgan fingerprint density at radius 2 is 1.61 bits per heavy atom. The van der Waals surface area contributed by atoms with E-state index in [1.165, 1.54) is 17.4 Å². The zero-order valence-electron chi connectivity index (χ0n) is 16.6. The second kappa shape index (κ2) is 8.83. The number of hydrogen-bond acceptors (Lipinski definition) is 4. The SMILES string of the molecule is Cc1ccc(/C=C/S(=O)(=O)Nc2ccccc2-c2csc(-c3ccccc3F)n2)cc1. The number of anilines is 1. The summed E-state index contributed by atoms with van der Waals surface area (Å²) in [6, 6.07) is 21.0. The third-order valence-electron chi connectivity index (χ3n) is 4.58. The van der Waals surface area contributed by atoms with Crippen LogP contribution in [0.25, 0.3) is 27.9 Å². The van der Waals surface area contributed by atoms with E-state index < -0.39 is 10.0 Å². The first kappa shape index (κ1) is 21.0. The van der Waals surface area contributed by atoms with Crippen LogP contribution in [-0.4, -0.2) is 13.4 Å². The Labute approximate surface area is 184 Å². The predicted molar refractivity (Wildman–Crippen MR) is 126 cm³/mol. The van der Waals surface area contributed by atoms with E-state index in [1.54, 1.807) is 53.9 Å². The van der Waals surface area contributed by atoms with Gasteiger partial charge in [-0.25, -0.2) is 17.8 Å². The molecule has 0 saturated carbocycles. The number of thiazole rings is 1. The van der Waals surface area contributed by atoms with Crippen molar-refractivity contribution in [2.24, 2.45) is 0 Å². The molecule has 3 aromatic carbocycles. The van der Waals surface area contributed by atoms with Crippen molar-refractivity contribution in [3.8, 4) is 21.8 Å². The third-order valence-corrected chi connectivity index (χ3v) is 6.46. The standard InChI is InChI=1S/C24H19FN2O2S2/c1-17-10-12-18(13-11-17)14-15-31(28,29)27-22-9-5-3-7-20(22)23-16-30-24(26-23)19-6-2-4-8-21(19)25/h2-16,27H,1H3/b15-14+. The van der Waals surface area contributed by atoms with Crippen LogP contribution < -0.4 is 4.72 Å². The third kappa shape index (κ3) is 5.07. The number of para-hydroxylation sites is 1. The summed E-state index contributed by atoms with van der Waals surface area (Å²) in [5.41, 5.74) is 3.90. The molecule has 0 aliphatic rings. The Balaban J connectivity index is 1.61. The van der Waals surface area contributed by atoms with E-state index in [4.69, 9.17) is 0 Å². The summed E-state index contributed by atoms with van der Waals surface area (Å²) < 4.78 is 42.0. The maximum absolute atomic E-state index is 14.1. The number of aryl methyl sites for hydroxylation is 1. The molecule has 0 unspecified atom stereocenters. The van der Waals surface area contributed by atoms with Crippen molar-refractivity contribution in [2.75, 3.05) is 4.72 Å². The lowest BCUT2D eigenvalue weighted by atomic mass is 10.1. The number of nitrogens with one attached hydrogen (secondary N) is 1. The van der Waals surface area contributed by atoms with E-state index in [1.807, 2.05) is 31.2 Å². The van der Waals surface area contributed by atoms with Crippen molar-refractivity contribution in [3.63, 3.8) is 0 Å². The van der Waals surface area contributed by atoms with Crippen molar-refractivity contribution in [1.82, 2.24) is 4.98 Å². The second-order valence-corrected chi connectivity index (χ2v) is 9.35. The van der Waals surface area contributed by atoms with Crippen LogP contribution in [0.4, 0.5) is 10.1 Å². The van der Waals surface area contributed by atoms with Gasteiger partial charge in [0.15, 0.2) is 0 Å². The Hall–Kier alpha value is -3.29. The smallest absolute Gasteiger partial charge is 0.255 e. The fourth-order valence-electron chi connectivity index (χ4n) is 2.98. The molecule has 0 amide bonds. The van der Waals surface area contributed by atoms with Crippen molar-refractivity contribution in [3.05, 3.63) is 101 Å². The van der Waals surface area contributed by atoms with E-state index in [2.05, 4.69) is 9.71 Å². The molecular weight excluding hydrogens is 431 g/mol. The molecule has 0 radical (unpaired) electrons. The van der Waals surface area contributed by atoms with Crippen molar-refractivity contribution >= 4 is 33.1 Å². The molecule has 0 saturated heterocycles. The molecule has 0 aliphatic heterocycles. The Kier molecular flexibility index (Phi) is 5.97. The first-order valence-electron chi connectivity index (χ1n) is 9.49. The van der Waals surface area contributed by atoms with Crippen molar-refractivity contribution in [2.45, 2.75) is 6.92 Å². The molecule has 1 aromatic heterocycles. The van der Waals surface area contributed by atoms with Gasteiger partial charge in [-0.1, -0.05) is 60.2 Å². The van der Waals surface area contributed by atoms with Crippen molar-refractivity contribution < 1.29 is 12.8 Å². The quantitative estimate of drug-likeness (QED) is 0.373. The van der Waals surface area contributed by atoms with Gasteiger partial charge in [-0.05, 0) is 36.8 Å². The van der Waals surface area contributed by atoms with Crippen LogP contribution in [0.1, 0.15) is 11.1 Å². The van der Waals surface area contributed by atoms with E-state index in [0.29, 0.717) is 27.5 Å². The zero-order valence-corrected chi connectivity index (χ0v) is 18.3. The molecule has 0 aliphatic carbocycles. The van der Waals surface area contributed by atoms with Crippen LogP contribution in [-0.2, 0) is 10.0 Å². The monoisotopic (exact) mass is 450 g/mol. The molecule has 0 bridgehead atoms. The summed E-state index contributed by atoms with van der Waals surface area (Å²) in [4.78, 5) is 4.53. The van der Waals surface area contributed by atoms with Gasteiger partial charge < -0.3 is 0 Å². The van der Waals surface area contributed by atoms with Gasteiger partial charge >= 0.3 is 0 Å². The highest BCUT2D eigenvalue weighted by Gasteiger charge is 2.15. The van der Waals surface area contributed by atoms with Gasteiger partial charge in [-0.2, -0.15) is 0 Å². The molecular formula is C24H19FN2O2S2. The van der Waals surface area contributed by atoms with Gasteiger partial charge in [0.1, 0.15) is 10.8 Å². The lowest BCUT2D eigenvalue weighted by Crippen LogP contribution is -2.09. The number of hydrogen-bond donors (Lipinski definition) is 1. The van der Waals surface area contributed by atoms with Gasteiger partial charge in [-0.3, -0.25) is 4.72 Å². The van der Waals surface area contributed by atoms with Crippen molar-refractivity contribution in [1.29, 1.82) is 0 Å². The van der Waals surface area contributed by atoms with Crippen LogP contribution in [0.2, 0.25) is 0 Å². The van der Waals surface area contributed by atoms with Crippen LogP contribution in [0.5, 0.6) is 0 Å². The zero-order chi connectivity index (χ0) is 21.8. The first-order chi connectivity index (χ1) is 14.9. The minimum absolute atomic E-state index is 0.348. The van der Waals surface area contributed by atoms with Crippen LogP contribution >= 0.6 is 11.3 Å². The number of rotatable bonds is 6.